The minimum absolute atomic E-state index is 0.0402. The van der Waals surface area contributed by atoms with Crippen molar-refractivity contribution >= 4 is 12.6 Å². The summed E-state index contributed by atoms with van der Waals surface area (Å²) in [6, 6.07) is 7.63. The molecule has 1 aromatic carbocycles. The van der Waals surface area contributed by atoms with E-state index in [1.807, 2.05) is 0 Å². The van der Waals surface area contributed by atoms with E-state index in [0.29, 0.717) is 0 Å². The Balaban J connectivity index is 3.61. The molecule has 0 aromatic heterocycles. The maximum Gasteiger partial charge on any atom is 0.489 e. The first-order valence-corrected chi connectivity index (χ1v) is 3.89. The van der Waals surface area contributed by atoms with E-state index in [9.17, 15) is 0 Å². The molecule has 0 aliphatic carbocycles. The average Bonchev–Trinajstić information content (AvgIpc) is 2.26. The van der Waals surface area contributed by atoms with Crippen molar-refractivity contribution in [2.24, 2.45) is 0 Å². The van der Waals surface area contributed by atoms with Gasteiger partial charge in [-0.15, -0.1) is 0 Å². The first-order valence-electron chi connectivity index (χ1n) is 3.89. The second-order valence-electron chi connectivity index (χ2n) is 2.66. The van der Waals surface area contributed by atoms with Crippen molar-refractivity contribution in [1.82, 2.24) is 0 Å². The van der Waals surface area contributed by atoms with Crippen LogP contribution in [0.1, 0.15) is 16.7 Å². The van der Waals surface area contributed by atoms with Crippen LogP contribution in [0, 0.1) is 34.0 Å². The summed E-state index contributed by atoms with van der Waals surface area (Å²) in [5, 5.41) is 44.0. The van der Waals surface area contributed by atoms with E-state index >= 15 is 0 Å². The van der Waals surface area contributed by atoms with Gasteiger partial charge in [0.15, 0.2) is 0 Å². The van der Waals surface area contributed by atoms with Crippen LogP contribution in [0.4, 0.5) is 0 Å². The summed E-state index contributed by atoms with van der Waals surface area (Å²) in [6.45, 7) is 0. The van der Waals surface area contributed by atoms with Gasteiger partial charge in [-0.05, 0) is 6.07 Å². The number of hydrogen-bond acceptors (Lipinski definition) is 5. The molecule has 6 heteroatoms. The lowest BCUT2D eigenvalue weighted by Gasteiger charge is -2.04. The van der Waals surface area contributed by atoms with Crippen molar-refractivity contribution in [3.63, 3.8) is 0 Å². The van der Waals surface area contributed by atoms with E-state index in [4.69, 9.17) is 25.8 Å². The van der Waals surface area contributed by atoms with Crippen molar-refractivity contribution in [2.45, 2.75) is 0 Å². The van der Waals surface area contributed by atoms with E-state index in [2.05, 4.69) is 0 Å². The van der Waals surface area contributed by atoms with Gasteiger partial charge in [0.05, 0.1) is 16.7 Å². The quantitative estimate of drug-likeness (QED) is 0.559. The zero-order chi connectivity index (χ0) is 11.4. The summed E-state index contributed by atoms with van der Waals surface area (Å²) in [5.41, 5.74) is -0.344. The highest BCUT2D eigenvalue weighted by atomic mass is 16.4. The van der Waals surface area contributed by atoms with Crippen molar-refractivity contribution in [3.05, 3.63) is 28.8 Å². The lowest BCUT2D eigenvalue weighted by atomic mass is 9.75. The van der Waals surface area contributed by atoms with Gasteiger partial charge in [-0.3, -0.25) is 0 Å². The third-order valence-electron chi connectivity index (χ3n) is 1.86. The molecule has 0 saturated heterocycles. The fourth-order valence-corrected chi connectivity index (χ4v) is 1.16. The number of nitriles is 3. The zero-order valence-corrected chi connectivity index (χ0v) is 7.47. The molecule has 0 spiro atoms. The molecule has 15 heavy (non-hydrogen) atoms. The van der Waals surface area contributed by atoms with Gasteiger partial charge in [-0.2, -0.15) is 15.8 Å². The molecule has 0 radical (unpaired) electrons. The van der Waals surface area contributed by atoms with Crippen LogP contribution in [-0.4, -0.2) is 17.2 Å². The third-order valence-corrected chi connectivity index (χ3v) is 1.86. The van der Waals surface area contributed by atoms with E-state index in [1.165, 1.54) is 12.1 Å². The third kappa shape index (κ3) is 1.79. The van der Waals surface area contributed by atoms with Gasteiger partial charge in [0.2, 0.25) is 0 Å². The molecular weight excluding hydrogens is 193 g/mol. The van der Waals surface area contributed by atoms with Crippen LogP contribution in [0.25, 0.3) is 0 Å². The molecule has 70 valence electrons. The van der Waals surface area contributed by atoms with Crippen LogP contribution in [0.2, 0.25) is 0 Å². The average molecular weight is 197 g/mol. The second kappa shape index (κ2) is 4.26. The highest BCUT2D eigenvalue weighted by Gasteiger charge is 2.20. The lowest BCUT2D eigenvalue weighted by Crippen LogP contribution is -2.33. The van der Waals surface area contributed by atoms with E-state index in [-0.39, 0.29) is 22.2 Å². The Morgan fingerprint density at radius 3 is 1.93 bits per heavy atom. The maximum absolute atomic E-state index is 8.93. The zero-order valence-electron chi connectivity index (χ0n) is 7.47. The van der Waals surface area contributed by atoms with Crippen LogP contribution >= 0.6 is 0 Å². The summed E-state index contributed by atoms with van der Waals surface area (Å²) in [7, 11) is -1.83. The molecule has 0 bridgehead atoms. The monoisotopic (exact) mass is 197 g/mol. The predicted octanol–water partition coefficient (Wildman–Crippen LogP) is -1.02. The smallest absolute Gasteiger partial charge is 0.423 e. The second-order valence-corrected chi connectivity index (χ2v) is 2.66. The lowest BCUT2D eigenvalue weighted by molar-refractivity contribution is 0.425. The molecule has 0 fully saturated rings. The Morgan fingerprint density at radius 2 is 1.53 bits per heavy atom. The molecule has 0 aliphatic heterocycles. The molecule has 5 nitrogen and oxygen atoms in total. The van der Waals surface area contributed by atoms with Crippen molar-refractivity contribution in [2.75, 3.05) is 0 Å². The maximum atomic E-state index is 8.93. The summed E-state index contributed by atoms with van der Waals surface area (Å²) in [5.74, 6) is 0. The molecule has 0 atom stereocenters. The van der Waals surface area contributed by atoms with Gasteiger partial charge < -0.3 is 10.0 Å². The van der Waals surface area contributed by atoms with Gasteiger partial charge in [-0.1, -0.05) is 6.07 Å². The summed E-state index contributed by atoms with van der Waals surface area (Å²) >= 11 is 0. The van der Waals surface area contributed by atoms with Crippen LogP contribution < -0.4 is 5.46 Å². The van der Waals surface area contributed by atoms with Crippen LogP contribution in [0.5, 0.6) is 0 Å². The summed E-state index contributed by atoms with van der Waals surface area (Å²) < 4.78 is 0. The standard InChI is InChI=1S/C9H4BN3O2/c11-3-6-1-2-9(10(14)15)8(5-13)7(6)4-12/h1-2,14-15H. The molecule has 2 N–H and O–H groups in total. The SMILES string of the molecule is N#Cc1ccc(B(O)O)c(C#N)c1C#N. The molecular formula is C9H4BN3O2. The van der Waals surface area contributed by atoms with Gasteiger partial charge in [0.25, 0.3) is 0 Å². The number of nitrogens with zero attached hydrogens (tertiary/aromatic N) is 3. The molecule has 1 aromatic rings. The van der Waals surface area contributed by atoms with E-state index < -0.39 is 7.12 Å². The fraction of sp³-hybridized carbons (Fsp3) is 0. The van der Waals surface area contributed by atoms with Crippen molar-refractivity contribution < 1.29 is 10.0 Å². The Morgan fingerprint density at radius 1 is 0.933 bits per heavy atom. The number of hydrogen-bond donors (Lipinski definition) is 2. The van der Waals surface area contributed by atoms with Crippen molar-refractivity contribution in [3.8, 4) is 18.2 Å². The minimum Gasteiger partial charge on any atom is -0.423 e. The molecule has 0 heterocycles. The molecule has 0 aliphatic rings. The topological polar surface area (TPSA) is 112 Å². The van der Waals surface area contributed by atoms with Gasteiger partial charge in [0, 0.05) is 5.46 Å². The molecule has 0 amide bonds. The molecule has 0 saturated carbocycles. The van der Waals surface area contributed by atoms with Crippen LogP contribution in [-0.2, 0) is 0 Å². The van der Waals surface area contributed by atoms with Crippen LogP contribution in [0.3, 0.4) is 0 Å². The summed E-state index contributed by atoms with van der Waals surface area (Å²) in [4.78, 5) is 0. The Hall–Kier alpha value is -2.33. The number of benzene rings is 1. The van der Waals surface area contributed by atoms with Gasteiger partial charge >= 0.3 is 7.12 Å². The highest BCUT2D eigenvalue weighted by Crippen LogP contribution is 2.10. The predicted molar refractivity (Wildman–Crippen MR) is 50.4 cm³/mol. The molecule has 0 unspecified atom stereocenters. The Labute approximate surface area is 86.2 Å². The molecule has 1 rings (SSSR count). The van der Waals surface area contributed by atoms with E-state index in [1.54, 1.807) is 18.2 Å². The van der Waals surface area contributed by atoms with Gasteiger partial charge in [0.1, 0.15) is 18.2 Å². The van der Waals surface area contributed by atoms with Crippen LogP contribution in [0.15, 0.2) is 12.1 Å². The Bertz CT molecular complexity index is 520. The highest BCUT2D eigenvalue weighted by molar-refractivity contribution is 6.59. The normalized spacial score (nSPS) is 8.47. The first kappa shape index (κ1) is 10.8. The van der Waals surface area contributed by atoms with Crippen molar-refractivity contribution in [1.29, 1.82) is 15.8 Å². The minimum atomic E-state index is -1.83. The number of rotatable bonds is 1. The van der Waals surface area contributed by atoms with E-state index in [0.717, 1.165) is 0 Å². The largest absolute Gasteiger partial charge is 0.489 e. The Kier molecular flexibility index (Phi) is 3.05. The first-order chi connectivity index (χ1) is 7.15. The summed E-state index contributed by atoms with van der Waals surface area (Å²) in [6.07, 6.45) is 0. The fourth-order valence-electron chi connectivity index (χ4n) is 1.16. The van der Waals surface area contributed by atoms with Gasteiger partial charge in [-0.25, -0.2) is 0 Å².